The summed E-state index contributed by atoms with van der Waals surface area (Å²) in [5.41, 5.74) is -0.0360. The van der Waals surface area contributed by atoms with Gasteiger partial charge in [0, 0.05) is 5.56 Å². The van der Waals surface area contributed by atoms with Crippen LogP contribution in [0.3, 0.4) is 0 Å². The number of carbonyl (C=O) groups is 1. The Morgan fingerprint density at radius 2 is 2.00 bits per heavy atom. The molecule has 0 spiro atoms. The van der Waals surface area contributed by atoms with Crippen LogP contribution in [0.2, 0.25) is 0 Å². The van der Waals surface area contributed by atoms with Crippen LogP contribution in [0.4, 0.5) is 4.39 Å². The first kappa shape index (κ1) is 15.7. The van der Waals surface area contributed by atoms with Crippen molar-refractivity contribution in [1.82, 2.24) is 0 Å². The summed E-state index contributed by atoms with van der Waals surface area (Å²) in [6.07, 6.45) is -1.63. The third-order valence-electron chi connectivity index (χ3n) is 2.37. The monoisotopic (exact) mass is 336 g/mol. The number of halogens is 2. The minimum absolute atomic E-state index is 0.0360. The van der Waals surface area contributed by atoms with E-state index < -0.39 is 17.9 Å². The van der Waals surface area contributed by atoms with E-state index in [0.29, 0.717) is 0 Å². The number of aliphatic hydroxyl groups excluding tert-OH is 1. The van der Waals surface area contributed by atoms with Gasteiger partial charge in [-0.3, -0.25) is 0 Å². The number of rotatable bonds is 5. The fourth-order valence-corrected chi connectivity index (χ4v) is 2.13. The van der Waals surface area contributed by atoms with Gasteiger partial charge in [0.2, 0.25) is 5.82 Å². The summed E-state index contributed by atoms with van der Waals surface area (Å²) in [5.74, 6) is -2.02. The normalized spacial score (nSPS) is 11.9. The minimum Gasteiger partial charge on any atom is -0.493 e. The van der Waals surface area contributed by atoms with E-state index in [9.17, 15) is 14.3 Å². The Bertz CT molecular complexity index is 478. The number of carbonyl (C=O) groups excluding carboxylic acids is 1. The van der Waals surface area contributed by atoms with Crippen LogP contribution in [0.1, 0.15) is 18.6 Å². The topological polar surface area (TPSA) is 65.0 Å². The van der Waals surface area contributed by atoms with Crippen LogP contribution in [0, 0.1) is 5.82 Å². The van der Waals surface area contributed by atoms with Gasteiger partial charge in [0.15, 0.2) is 17.6 Å². The quantitative estimate of drug-likeness (QED) is 0.835. The van der Waals surface area contributed by atoms with Crippen molar-refractivity contribution in [3.8, 4) is 11.5 Å². The molecule has 106 valence electrons. The maximum atomic E-state index is 14.1. The summed E-state index contributed by atoms with van der Waals surface area (Å²) in [5, 5.41) is 9.86. The maximum Gasteiger partial charge on any atom is 0.339 e. The van der Waals surface area contributed by atoms with Crippen LogP contribution < -0.4 is 9.47 Å². The predicted molar refractivity (Wildman–Crippen MR) is 68.8 cm³/mol. The van der Waals surface area contributed by atoms with Crippen molar-refractivity contribution < 1.29 is 28.5 Å². The molecule has 0 fully saturated rings. The molecule has 1 aromatic carbocycles. The molecule has 0 saturated carbocycles. The van der Waals surface area contributed by atoms with Crippen molar-refractivity contribution >= 4 is 21.9 Å². The summed E-state index contributed by atoms with van der Waals surface area (Å²) in [6.45, 7) is 1.71. The van der Waals surface area contributed by atoms with Crippen molar-refractivity contribution in [2.45, 2.75) is 13.0 Å². The molecule has 1 N–H and O–H groups in total. The van der Waals surface area contributed by atoms with Crippen LogP contribution >= 0.6 is 15.9 Å². The molecule has 5 nitrogen and oxygen atoms in total. The lowest BCUT2D eigenvalue weighted by Crippen LogP contribution is -2.17. The van der Waals surface area contributed by atoms with Crippen LogP contribution in [0.5, 0.6) is 11.5 Å². The number of esters is 1. The molecule has 1 aromatic rings. The van der Waals surface area contributed by atoms with E-state index in [1.807, 2.05) is 0 Å². The van der Waals surface area contributed by atoms with E-state index in [4.69, 9.17) is 9.47 Å². The minimum atomic E-state index is -1.63. The first-order valence-corrected chi connectivity index (χ1v) is 6.21. The first-order chi connectivity index (χ1) is 8.97. The summed E-state index contributed by atoms with van der Waals surface area (Å²) in [7, 11) is 2.52. The largest absolute Gasteiger partial charge is 0.493 e. The lowest BCUT2D eigenvalue weighted by Gasteiger charge is -2.17. The van der Waals surface area contributed by atoms with Gasteiger partial charge in [0.05, 0.1) is 25.3 Å². The molecular weight excluding hydrogens is 323 g/mol. The molecule has 0 aliphatic carbocycles. The Morgan fingerprint density at radius 1 is 1.42 bits per heavy atom. The Hall–Kier alpha value is -1.34. The molecule has 0 aliphatic heterocycles. The number of hydrogen-bond acceptors (Lipinski definition) is 5. The zero-order valence-corrected chi connectivity index (χ0v) is 12.3. The van der Waals surface area contributed by atoms with Gasteiger partial charge in [-0.15, -0.1) is 0 Å². The fraction of sp³-hybridized carbons (Fsp3) is 0.417. The molecule has 0 bridgehead atoms. The highest BCUT2D eigenvalue weighted by Crippen LogP contribution is 2.39. The number of hydrogen-bond donors (Lipinski definition) is 1. The van der Waals surface area contributed by atoms with Gasteiger partial charge in [-0.2, -0.15) is 4.39 Å². The third-order valence-corrected chi connectivity index (χ3v) is 2.96. The molecule has 19 heavy (non-hydrogen) atoms. The second-order valence-electron chi connectivity index (χ2n) is 3.48. The third kappa shape index (κ3) is 3.16. The molecular formula is C12H14BrFO5. The molecule has 7 heteroatoms. The number of ether oxygens (including phenoxy) is 3. The number of methoxy groups -OCH3 is 2. The maximum absolute atomic E-state index is 14.1. The lowest BCUT2D eigenvalue weighted by atomic mass is 10.1. The van der Waals surface area contributed by atoms with E-state index in [2.05, 4.69) is 20.7 Å². The SMILES string of the molecule is CCOC(=O)C(O)c1cc(Br)c(OC)c(F)c1OC. The highest BCUT2D eigenvalue weighted by atomic mass is 79.9. The lowest BCUT2D eigenvalue weighted by molar-refractivity contribution is -0.153. The molecule has 0 aliphatic rings. The summed E-state index contributed by atoms with van der Waals surface area (Å²) in [6, 6.07) is 1.35. The van der Waals surface area contributed by atoms with E-state index >= 15 is 0 Å². The van der Waals surface area contributed by atoms with E-state index in [1.165, 1.54) is 20.3 Å². The van der Waals surface area contributed by atoms with Crippen molar-refractivity contribution in [2.75, 3.05) is 20.8 Å². The highest BCUT2D eigenvalue weighted by molar-refractivity contribution is 9.10. The smallest absolute Gasteiger partial charge is 0.339 e. The van der Waals surface area contributed by atoms with Crippen molar-refractivity contribution in [1.29, 1.82) is 0 Å². The number of aliphatic hydroxyl groups is 1. The van der Waals surface area contributed by atoms with Gasteiger partial charge < -0.3 is 19.3 Å². The predicted octanol–water partition coefficient (Wildman–Crippen LogP) is 2.20. The molecule has 1 rings (SSSR count). The standard InChI is InChI=1S/C12H14BrFO5/c1-4-19-12(16)9(15)6-5-7(13)11(18-3)8(14)10(6)17-2/h5,9,15H,4H2,1-3H3. The first-order valence-electron chi connectivity index (χ1n) is 5.42. The van der Waals surface area contributed by atoms with E-state index in [0.717, 1.165) is 0 Å². The number of benzene rings is 1. The molecule has 0 radical (unpaired) electrons. The zero-order chi connectivity index (χ0) is 14.6. The average molecular weight is 337 g/mol. The highest BCUT2D eigenvalue weighted by Gasteiger charge is 2.28. The Morgan fingerprint density at radius 3 is 2.47 bits per heavy atom. The summed E-state index contributed by atoms with van der Waals surface area (Å²) >= 11 is 3.09. The average Bonchev–Trinajstić information content (AvgIpc) is 2.38. The van der Waals surface area contributed by atoms with Crippen molar-refractivity contribution in [2.24, 2.45) is 0 Å². The molecule has 1 atom stereocenters. The van der Waals surface area contributed by atoms with Crippen LogP contribution in [-0.2, 0) is 9.53 Å². The van der Waals surface area contributed by atoms with E-state index in [-0.39, 0.29) is 28.1 Å². The van der Waals surface area contributed by atoms with Gasteiger partial charge in [0.1, 0.15) is 0 Å². The Labute approximate surface area is 118 Å². The second kappa shape index (κ2) is 6.72. The molecule has 0 aromatic heterocycles. The summed E-state index contributed by atoms with van der Waals surface area (Å²) in [4.78, 5) is 11.5. The summed E-state index contributed by atoms with van der Waals surface area (Å²) < 4.78 is 28.7. The Kier molecular flexibility index (Phi) is 5.56. The fourth-order valence-electron chi connectivity index (χ4n) is 1.55. The van der Waals surface area contributed by atoms with Crippen molar-refractivity contribution in [3.63, 3.8) is 0 Å². The van der Waals surface area contributed by atoms with E-state index in [1.54, 1.807) is 6.92 Å². The zero-order valence-electron chi connectivity index (χ0n) is 10.7. The van der Waals surface area contributed by atoms with Gasteiger partial charge in [0.25, 0.3) is 0 Å². The molecule has 0 saturated heterocycles. The molecule has 0 heterocycles. The van der Waals surface area contributed by atoms with Gasteiger partial charge in [-0.1, -0.05) is 0 Å². The van der Waals surface area contributed by atoms with Gasteiger partial charge in [-0.05, 0) is 28.9 Å². The molecule has 1 unspecified atom stereocenters. The second-order valence-corrected chi connectivity index (χ2v) is 4.34. The van der Waals surface area contributed by atoms with Crippen LogP contribution in [0.15, 0.2) is 10.5 Å². The van der Waals surface area contributed by atoms with Crippen LogP contribution in [0.25, 0.3) is 0 Å². The van der Waals surface area contributed by atoms with Gasteiger partial charge >= 0.3 is 5.97 Å². The van der Waals surface area contributed by atoms with Crippen molar-refractivity contribution in [3.05, 3.63) is 21.9 Å². The Balaban J connectivity index is 3.31. The van der Waals surface area contributed by atoms with Crippen LogP contribution in [-0.4, -0.2) is 31.9 Å². The van der Waals surface area contributed by atoms with Gasteiger partial charge in [-0.25, -0.2) is 4.79 Å². The molecule has 0 amide bonds.